The Morgan fingerprint density at radius 2 is 1.93 bits per heavy atom. The van der Waals surface area contributed by atoms with Gasteiger partial charge in [0.05, 0.1) is 26.5 Å². The summed E-state index contributed by atoms with van der Waals surface area (Å²) in [5, 5.41) is 8.53. The molecule has 0 aliphatic heterocycles. The molecule has 0 saturated carbocycles. The van der Waals surface area contributed by atoms with E-state index in [0.29, 0.717) is 21.5 Å². The van der Waals surface area contributed by atoms with Gasteiger partial charge in [0.1, 0.15) is 5.82 Å². The number of aryl methyl sites for hydroxylation is 3. The van der Waals surface area contributed by atoms with Gasteiger partial charge in [0.15, 0.2) is 0 Å². The summed E-state index contributed by atoms with van der Waals surface area (Å²) in [7, 11) is 0. The quantitative estimate of drug-likeness (QED) is 0.510. The van der Waals surface area contributed by atoms with Crippen molar-refractivity contribution < 1.29 is 4.79 Å². The van der Waals surface area contributed by atoms with Crippen LogP contribution in [-0.2, 0) is 0 Å². The van der Waals surface area contributed by atoms with Gasteiger partial charge in [0.2, 0.25) is 5.13 Å². The van der Waals surface area contributed by atoms with Gasteiger partial charge in [-0.1, -0.05) is 41.1 Å². The highest BCUT2D eigenvalue weighted by Gasteiger charge is 2.17. The fourth-order valence-electron chi connectivity index (χ4n) is 3.01. The van der Waals surface area contributed by atoms with E-state index in [2.05, 4.69) is 29.5 Å². The van der Waals surface area contributed by atoms with Gasteiger partial charge in [-0.2, -0.15) is 9.78 Å². The lowest BCUT2D eigenvalue weighted by atomic mass is 10.1. The summed E-state index contributed by atoms with van der Waals surface area (Å²) in [6.07, 6.45) is 0. The van der Waals surface area contributed by atoms with Crippen molar-refractivity contribution in [3.8, 4) is 5.13 Å². The number of thiazole rings is 1. The lowest BCUT2D eigenvalue weighted by molar-refractivity contribution is 0.102. The number of rotatable bonds is 3. The minimum Gasteiger partial charge on any atom is -0.306 e. The molecule has 0 fully saturated rings. The van der Waals surface area contributed by atoms with Gasteiger partial charge in [-0.3, -0.25) is 4.79 Å². The maximum Gasteiger partial charge on any atom is 0.258 e. The second kappa shape index (κ2) is 6.79. The molecule has 2 aromatic carbocycles. The largest absolute Gasteiger partial charge is 0.306 e. The average Bonchev–Trinajstić information content (AvgIpc) is 3.18. The van der Waals surface area contributed by atoms with E-state index in [1.807, 2.05) is 19.9 Å². The van der Waals surface area contributed by atoms with Crippen molar-refractivity contribution in [1.82, 2.24) is 14.8 Å². The van der Waals surface area contributed by atoms with Crippen LogP contribution in [-0.4, -0.2) is 20.7 Å². The number of anilines is 1. The number of nitrogens with one attached hydrogen (secondary N) is 1. The van der Waals surface area contributed by atoms with Crippen LogP contribution in [0, 0.1) is 20.8 Å². The first-order valence-corrected chi connectivity index (χ1v) is 9.62. The Labute approximate surface area is 165 Å². The second-order valence-electron chi connectivity index (χ2n) is 6.44. The van der Waals surface area contributed by atoms with Crippen LogP contribution in [0.15, 0.2) is 42.5 Å². The highest BCUT2D eigenvalue weighted by molar-refractivity contribution is 7.20. The fourth-order valence-corrected chi connectivity index (χ4v) is 4.34. The van der Waals surface area contributed by atoms with E-state index >= 15 is 0 Å². The zero-order valence-electron chi connectivity index (χ0n) is 15.1. The number of hydrogen-bond donors (Lipinski definition) is 1. The second-order valence-corrected chi connectivity index (χ2v) is 7.86. The van der Waals surface area contributed by atoms with Crippen molar-refractivity contribution in [2.24, 2.45) is 0 Å². The predicted octanol–water partition coefficient (Wildman–Crippen LogP) is 5.31. The molecule has 0 aliphatic carbocycles. The first-order chi connectivity index (χ1) is 12.9. The summed E-state index contributed by atoms with van der Waals surface area (Å²) in [5.41, 5.74) is 4.48. The molecule has 0 bridgehead atoms. The van der Waals surface area contributed by atoms with Gasteiger partial charge in [0.25, 0.3) is 5.91 Å². The lowest BCUT2D eigenvalue weighted by Gasteiger charge is -2.07. The van der Waals surface area contributed by atoms with Gasteiger partial charge in [0, 0.05) is 6.07 Å². The van der Waals surface area contributed by atoms with Gasteiger partial charge >= 0.3 is 0 Å². The summed E-state index contributed by atoms with van der Waals surface area (Å²) in [6, 6.07) is 13.0. The molecule has 2 heterocycles. The number of carbonyl (C=O) groups is 1. The Hall–Kier alpha value is -2.70. The summed E-state index contributed by atoms with van der Waals surface area (Å²) in [4.78, 5) is 17.4. The highest BCUT2D eigenvalue weighted by atomic mass is 35.5. The van der Waals surface area contributed by atoms with Crippen LogP contribution in [0.2, 0.25) is 5.02 Å². The summed E-state index contributed by atoms with van der Waals surface area (Å²) in [6.45, 7) is 6.00. The van der Waals surface area contributed by atoms with Crippen LogP contribution in [0.5, 0.6) is 0 Å². The molecule has 2 aromatic heterocycles. The van der Waals surface area contributed by atoms with Crippen LogP contribution in [0.1, 0.15) is 27.2 Å². The lowest BCUT2D eigenvalue weighted by Crippen LogP contribution is -2.15. The molecule has 4 rings (SSSR count). The molecule has 1 N–H and O–H groups in total. The molecule has 4 aromatic rings. The standard InChI is InChI=1S/C20H17ClN4OS/c1-11-8-12(2)18-16(9-11)27-20(23-18)25-17(10-13(3)24-25)22-19(26)14-6-4-5-7-15(14)21/h4-10H,1-3H3,(H,22,26). The van der Waals surface area contributed by atoms with Crippen molar-refractivity contribution in [3.63, 3.8) is 0 Å². The minimum absolute atomic E-state index is 0.283. The average molecular weight is 397 g/mol. The molecule has 7 heteroatoms. The highest BCUT2D eigenvalue weighted by Crippen LogP contribution is 2.30. The number of carbonyl (C=O) groups excluding carboxylic acids is 1. The van der Waals surface area contributed by atoms with E-state index in [1.165, 1.54) is 5.56 Å². The first kappa shape index (κ1) is 17.7. The van der Waals surface area contributed by atoms with Crippen molar-refractivity contribution in [2.75, 3.05) is 5.32 Å². The molecule has 5 nitrogen and oxygen atoms in total. The number of halogens is 1. The van der Waals surface area contributed by atoms with Crippen molar-refractivity contribution >= 4 is 44.9 Å². The molecule has 136 valence electrons. The number of hydrogen-bond acceptors (Lipinski definition) is 4. The summed E-state index contributed by atoms with van der Waals surface area (Å²) in [5.74, 6) is 0.278. The number of fused-ring (bicyclic) bond motifs is 1. The Morgan fingerprint density at radius 3 is 2.70 bits per heavy atom. The molecule has 0 atom stereocenters. The molecular weight excluding hydrogens is 380 g/mol. The third kappa shape index (κ3) is 3.34. The van der Waals surface area contributed by atoms with E-state index in [1.54, 1.807) is 40.3 Å². The maximum absolute atomic E-state index is 12.6. The van der Waals surface area contributed by atoms with E-state index < -0.39 is 0 Å². The van der Waals surface area contributed by atoms with Crippen molar-refractivity contribution in [1.29, 1.82) is 0 Å². The zero-order valence-corrected chi connectivity index (χ0v) is 16.6. The van der Waals surface area contributed by atoms with Crippen LogP contribution < -0.4 is 5.32 Å². The van der Waals surface area contributed by atoms with Gasteiger partial charge in [-0.25, -0.2) is 4.98 Å². The molecule has 0 radical (unpaired) electrons. The van der Waals surface area contributed by atoms with Gasteiger partial charge < -0.3 is 5.32 Å². The van der Waals surface area contributed by atoms with Gasteiger partial charge in [-0.05, 0) is 50.1 Å². The monoisotopic (exact) mass is 396 g/mol. The Balaban J connectivity index is 1.75. The van der Waals surface area contributed by atoms with Crippen LogP contribution in [0.4, 0.5) is 5.82 Å². The predicted molar refractivity (Wildman–Crippen MR) is 110 cm³/mol. The third-order valence-corrected chi connectivity index (χ3v) is 5.50. The zero-order chi connectivity index (χ0) is 19.1. The summed E-state index contributed by atoms with van der Waals surface area (Å²) < 4.78 is 2.77. The van der Waals surface area contributed by atoms with Crippen molar-refractivity contribution in [2.45, 2.75) is 20.8 Å². The molecule has 0 aliphatic rings. The molecule has 27 heavy (non-hydrogen) atoms. The van der Waals surface area contributed by atoms with Crippen molar-refractivity contribution in [3.05, 3.63) is 69.9 Å². The Bertz CT molecular complexity index is 1180. The number of amides is 1. The number of nitrogens with zero attached hydrogens (tertiary/aromatic N) is 3. The van der Waals surface area contributed by atoms with Crippen LogP contribution in [0.25, 0.3) is 15.3 Å². The first-order valence-electron chi connectivity index (χ1n) is 8.43. The molecule has 0 spiro atoms. The number of aromatic nitrogens is 3. The third-order valence-electron chi connectivity index (χ3n) is 4.19. The maximum atomic E-state index is 12.6. The number of benzene rings is 2. The Morgan fingerprint density at radius 1 is 1.15 bits per heavy atom. The van der Waals surface area contributed by atoms with E-state index in [9.17, 15) is 4.79 Å². The smallest absolute Gasteiger partial charge is 0.258 e. The normalized spacial score (nSPS) is 11.1. The molecular formula is C20H17ClN4OS. The van der Waals surface area contributed by atoms with E-state index in [0.717, 1.165) is 21.5 Å². The molecule has 1 amide bonds. The minimum atomic E-state index is -0.283. The fraction of sp³-hybridized carbons (Fsp3) is 0.150. The topological polar surface area (TPSA) is 59.8 Å². The van der Waals surface area contributed by atoms with E-state index in [-0.39, 0.29) is 5.91 Å². The van der Waals surface area contributed by atoms with E-state index in [4.69, 9.17) is 16.6 Å². The van der Waals surface area contributed by atoms with Crippen LogP contribution >= 0.6 is 22.9 Å². The molecule has 0 saturated heterocycles. The summed E-state index contributed by atoms with van der Waals surface area (Å²) >= 11 is 7.68. The SMILES string of the molecule is Cc1cc(C)c2nc(-n3nc(C)cc3NC(=O)c3ccccc3Cl)sc2c1. The van der Waals surface area contributed by atoms with Crippen LogP contribution in [0.3, 0.4) is 0 Å². The van der Waals surface area contributed by atoms with Gasteiger partial charge in [-0.15, -0.1) is 0 Å². The molecule has 0 unspecified atom stereocenters. The Kier molecular flexibility index (Phi) is 4.45.